The Morgan fingerprint density at radius 2 is 1.84 bits per heavy atom. The van der Waals surface area contributed by atoms with E-state index in [1.165, 1.54) is 13.0 Å². The minimum atomic E-state index is -2.53. The third-order valence-corrected chi connectivity index (χ3v) is 7.70. The van der Waals surface area contributed by atoms with E-state index in [1.807, 2.05) is 0 Å². The van der Waals surface area contributed by atoms with Crippen LogP contribution in [0.5, 0.6) is 5.75 Å². The number of Topliss-reactive ketones (excluding diaryl/α,β-unsaturated/α-hetero) is 2. The second-order valence-corrected chi connectivity index (χ2v) is 10.4. The first kappa shape index (κ1) is 26.4. The second-order valence-electron chi connectivity index (χ2n) is 10.4. The van der Waals surface area contributed by atoms with Crippen molar-refractivity contribution in [3.05, 3.63) is 45.7 Å². The van der Waals surface area contributed by atoms with Crippen molar-refractivity contribution in [3.63, 3.8) is 0 Å². The van der Waals surface area contributed by atoms with E-state index in [4.69, 9.17) is 5.73 Å². The number of aliphatic hydroxyl groups excluding tert-OH is 1. The van der Waals surface area contributed by atoms with Crippen LogP contribution in [0.25, 0.3) is 0 Å². The van der Waals surface area contributed by atoms with E-state index in [0.29, 0.717) is 16.8 Å². The Hall–Kier alpha value is -3.70. The number of rotatable bonds is 5. The number of hydrogen-bond acceptors (Lipinski definition) is 9. The third kappa shape index (κ3) is 3.89. The van der Waals surface area contributed by atoms with E-state index in [-0.39, 0.29) is 42.2 Å². The lowest BCUT2D eigenvalue weighted by Gasteiger charge is -2.49. The number of benzene rings is 1. The number of primary amides is 1. The number of amides is 2. The number of hydrogen-bond donors (Lipinski definition) is 5. The fourth-order valence-electron chi connectivity index (χ4n) is 5.92. The van der Waals surface area contributed by atoms with Gasteiger partial charge in [0.05, 0.1) is 11.1 Å². The summed E-state index contributed by atoms with van der Waals surface area (Å²) in [5.41, 5.74) is 3.76. The Kier molecular flexibility index (Phi) is 6.41. The zero-order chi connectivity index (χ0) is 27.6. The molecular weight excluding hydrogens is 480 g/mol. The van der Waals surface area contributed by atoms with Crippen molar-refractivity contribution in [1.82, 2.24) is 10.2 Å². The van der Waals surface area contributed by atoms with Crippen LogP contribution in [-0.2, 0) is 27.3 Å². The van der Waals surface area contributed by atoms with E-state index in [2.05, 4.69) is 5.32 Å². The molecule has 0 aliphatic heterocycles. The van der Waals surface area contributed by atoms with Gasteiger partial charge in [-0.05, 0) is 44.5 Å². The Labute approximate surface area is 214 Å². The number of fused-ring (bicyclic) bond motifs is 3. The number of phenols is 1. The Morgan fingerprint density at radius 3 is 2.38 bits per heavy atom. The van der Waals surface area contributed by atoms with E-state index in [9.17, 15) is 34.5 Å². The van der Waals surface area contributed by atoms with Crippen LogP contribution in [0, 0.1) is 11.8 Å². The lowest BCUT2D eigenvalue weighted by atomic mass is 9.59. The monoisotopic (exact) mass is 512 g/mol. The van der Waals surface area contributed by atoms with Crippen molar-refractivity contribution in [2.24, 2.45) is 17.6 Å². The van der Waals surface area contributed by atoms with Crippen LogP contribution in [0.1, 0.15) is 34.8 Å². The number of likely N-dealkylation sites (N-methyl/N-ethyl adjacent to an activating group) is 1. The summed E-state index contributed by atoms with van der Waals surface area (Å²) in [6.07, 6.45) is 1.83. The van der Waals surface area contributed by atoms with E-state index < -0.39 is 52.3 Å². The van der Waals surface area contributed by atoms with Gasteiger partial charge in [-0.25, -0.2) is 0 Å². The molecule has 4 rings (SSSR count). The van der Waals surface area contributed by atoms with Gasteiger partial charge < -0.3 is 36.2 Å². The summed E-state index contributed by atoms with van der Waals surface area (Å²) in [6, 6.07) is 1.09. The lowest BCUT2D eigenvalue weighted by molar-refractivity contribution is -0.146. The molecule has 0 saturated carbocycles. The van der Waals surface area contributed by atoms with Gasteiger partial charge >= 0.3 is 0 Å². The molecule has 198 valence electrons. The van der Waals surface area contributed by atoms with Gasteiger partial charge in [0.1, 0.15) is 11.5 Å². The Bertz CT molecular complexity index is 1300. The summed E-state index contributed by atoms with van der Waals surface area (Å²) < 4.78 is 0. The maximum absolute atomic E-state index is 13.9. The van der Waals surface area contributed by atoms with Crippen molar-refractivity contribution >= 4 is 29.1 Å². The molecule has 0 unspecified atom stereocenters. The molecule has 11 nitrogen and oxygen atoms in total. The molecular formula is C26H32N4O7. The molecule has 11 heteroatoms. The molecule has 0 aromatic heterocycles. The number of nitrogens with one attached hydrogen (secondary N) is 1. The lowest BCUT2D eigenvalue weighted by Crippen LogP contribution is -2.62. The summed E-state index contributed by atoms with van der Waals surface area (Å²) in [6.45, 7) is 1.30. The number of aliphatic hydroxyl groups is 2. The van der Waals surface area contributed by atoms with Crippen molar-refractivity contribution in [2.45, 2.75) is 38.0 Å². The quantitative estimate of drug-likeness (QED) is 0.339. The molecule has 1 aromatic rings. The minimum Gasteiger partial charge on any atom is -0.508 e. The SMILES string of the molecule is CC(=O)NCc1cc(N(C)C)c2c(c1O)C(=O)C1=C(O)[C@]3(O)C(=O)C(C(N)=O)=C[C@@H](N(C)C)[C@@H]3C[C@@H]1C2. The summed E-state index contributed by atoms with van der Waals surface area (Å²) in [5.74, 6) is -5.69. The van der Waals surface area contributed by atoms with Crippen LogP contribution in [0.4, 0.5) is 5.69 Å². The molecule has 0 radical (unpaired) electrons. The highest BCUT2D eigenvalue weighted by molar-refractivity contribution is 6.24. The van der Waals surface area contributed by atoms with Gasteiger partial charge in [-0.1, -0.05) is 6.08 Å². The van der Waals surface area contributed by atoms with Crippen LogP contribution in [0.15, 0.2) is 29.0 Å². The topological polar surface area (TPSA) is 174 Å². The summed E-state index contributed by atoms with van der Waals surface area (Å²) in [4.78, 5) is 54.2. The summed E-state index contributed by atoms with van der Waals surface area (Å²) in [5, 5.41) is 36.7. The fraction of sp³-hybridized carbons (Fsp3) is 0.462. The van der Waals surface area contributed by atoms with Gasteiger partial charge in [-0.15, -0.1) is 0 Å². The van der Waals surface area contributed by atoms with Crippen LogP contribution in [-0.4, -0.2) is 83.4 Å². The van der Waals surface area contributed by atoms with Gasteiger partial charge in [-0.2, -0.15) is 0 Å². The highest BCUT2D eigenvalue weighted by Gasteiger charge is 2.61. The molecule has 0 bridgehead atoms. The highest BCUT2D eigenvalue weighted by atomic mass is 16.3. The zero-order valence-electron chi connectivity index (χ0n) is 21.5. The number of anilines is 1. The van der Waals surface area contributed by atoms with Crippen LogP contribution < -0.4 is 16.0 Å². The largest absolute Gasteiger partial charge is 0.508 e. The average Bonchev–Trinajstić information content (AvgIpc) is 2.79. The fourth-order valence-corrected chi connectivity index (χ4v) is 5.92. The minimum absolute atomic E-state index is 0.0290. The number of nitrogens with two attached hydrogens (primary N) is 1. The van der Waals surface area contributed by atoms with Gasteiger partial charge in [0.2, 0.25) is 11.7 Å². The molecule has 0 saturated heterocycles. The van der Waals surface area contributed by atoms with E-state index >= 15 is 0 Å². The van der Waals surface area contributed by atoms with Crippen molar-refractivity contribution in [3.8, 4) is 5.75 Å². The first-order valence-corrected chi connectivity index (χ1v) is 11.9. The molecule has 2 amide bonds. The summed E-state index contributed by atoms with van der Waals surface area (Å²) >= 11 is 0. The molecule has 0 heterocycles. The average molecular weight is 513 g/mol. The molecule has 1 aromatic carbocycles. The molecule has 3 aliphatic carbocycles. The standard InChI is InChI=1S/C26H32N4O7/c1-11(31)28-10-13-8-17(29(2)3)14-6-12-7-16-18(30(4)5)9-15(25(27)36)23(34)26(16,37)24(35)19(12)22(33)20(14)21(13)32/h8-9,12,16,18,32,35,37H,6-7,10H2,1-5H3,(H2,27,36)(H,28,31)/t12-,16-,18+,26+/m0/s1. The van der Waals surface area contributed by atoms with Crippen molar-refractivity contribution < 1.29 is 34.5 Å². The number of aromatic hydroxyl groups is 1. The smallest absolute Gasteiger partial charge is 0.252 e. The van der Waals surface area contributed by atoms with Gasteiger partial charge in [0.15, 0.2) is 11.4 Å². The number of phenolic OH excluding ortho intramolecular Hbond substituents is 1. The first-order chi connectivity index (χ1) is 17.2. The van der Waals surface area contributed by atoms with Crippen LogP contribution in [0.2, 0.25) is 0 Å². The summed E-state index contributed by atoms with van der Waals surface area (Å²) in [7, 11) is 7.01. The third-order valence-electron chi connectivity index (χ3n) is 7.70. The van der Waals surface area contributed by atoms with Crippen LogP contribution in [0.3, 0.4) is 0 Å². The number of nitrogens with zero attached hydrogens (tertiary/aromatic N) is 2. The molecule has 0 fully saturated rings. The van der Waals surface area contributed by atoms with Crippen molar-refractivity contribution in [2.75, 3.05) is 33.1 Å². The predicted octanol–water partition coefficient (Wildman–Crippen LogP) is -0.0630. The predicted molar refractivity (Wildman–Crippen MR) is 134 cm³/mol. The van der Waals surface area contributed by atoms with E-state index in [0.717, 1.165) is 0 Å². The maximum atomic E-state index is 13.9. The molecule has 0 spiro atoms. The van der Waals surface area contributed by atoms with Gasteiger partial charge in [-0.3, -0.25) is 19.2 Å². The normalized spacial score (nSPS) is 26.8. The highest BCUT2D eigenvalue weighted by Crippen LogP contribution is 2.52. The Balaban J connectivity index is 1.93. The van der Waals surface area contributed by atoms with Crippen LogP contribution >= 0.6 is 0 Å². The second kappa shape index (κ2) is 9.00. The Morgan fingerprint density at radius 1 is 1.19 bits per heavy atom. The molecule has 4 atom stereocenters. The number of carbonyl (C=O) groups excluding carboxylic acids is 4. The van der Waals surface area contributed by atoms with Gasteiger partial charge in [0, 0.05) is 56.3 Å². The molecule has 3 aliphatic rings. The van der Waals surface area contributed by atoms with Gasteiger partial charge in [0.25, 0.3) is 5.91 Å². The number of allylic oxidation sites excluding steroid dienone is 1. The van der Waals surface area contributed by atoms with E-state index in [1.54, 1.807) is 44.1 Å². The molecule has 6 N–H and O–H groups in total. The number of ketones is 2. The van der Waals surface area contributed by atoms with Crippen molar-refractivity contribution in [1.29, 1.82) is 0 Å². The number of carbonyl (C=O) groups is 4. The molecule has 37 heavy (non-hydrogen) atoms. The maximum Gasteiger partial charge on any atom is 0.252 e. The first-order valence-electron chi connectivity index (χ1n) is 11.9. The zero-order valence-corrected chi connectivity index (χ0v) is 21.5.